The highest BCUT2D eigenvalue weighted by Crippen LogP contribution is 2.39. The Morgan fingerprint density at radius 2 is 1.55 bits per heavy atom. The van der Waals surface area contributed by atoms with E-state index >= 15 is 0 Å². The van der Waals surface area contributed by atoms with Crippen molar-refractivity contribution in [2.45, 2.75) is 69.8 Å². The van der Waals surface area contributed by atoms with E-state index in [1.807, 2.05) is 12.1 Å². The van der Waals surface area contributed by atoms with Gasteiger partial charge < -0.3 is 25.2 Å². The second kappa shape index (κ2) is 12.9. The van der Waals surface area contributed by atoms with E-state index < -0.39 is 6.29 Å². The van der Waals surface area contributed by atoms with Gasteiger partial charge in [0.05, 0.1) is 18.8 Å². The van der Waals surface area contributed by atoms with Crippen LogP contribution in [0.15, 0.2) is 72.8 Å². The summed E-state index contributed by atoms with van der Waals surface area (Å²) < 4.78 is 13.3. The molecule has 3 heterocycles. The Kier molecular flexibility index (Phi) is 8.92. The summed E-state index contributed by atoms with van der Waals surface area (Å²) in [6.45, 7) is 6.36. The monoisotopic (exact) mass is 541 g/mol. The molecule has 0 spiro atoms. The Labute approximate surface area is 238 Å². The van der Waals surface area contributed by atoms with E-state index in [4.69, 9.17) is 15.2 Å². The normalized spacial score (nSPS) is 25.9. The van der Waals surface area contributed by atoms with Crippen molar-refractivity contribution in [3.63, 3.8) is 0 Å². The van der Waals surface area contributed by atoms with Crippen LogP contribution in [-0.2, 0) is 22.6 Å². The van der Waals surface area contributed by atoms with E-state index in [1.165, 1.54) is 45.3 Å². The molecule has 0 unspecified atom stereocenters. The van der Waals surface area contributed by atoms with Gasteiger partial charge in [0.25, 0.3) is 0 Å². The number of benzene rings is 3. The van der Waals surface area contributed by atoms with Crippen LogP contribution in [0, 0.1) is 0 Å². The first-order valence-corrected chi connectivity index (χ1v) is 15.0. The molecule has 4 atom stereocenters. The number of nitrogens with zero attached hydrogens (tertiary/aromatic N) is 2. The van der Waals surface area contributed by atoms with Crippen molar-refractivity contribution in [1.29, 1.82) is 0 Å². The van der Waals surface area contributed by atoms with Crippen molar-refractivity contribution >= 4 is 0 Å². The molecule has 6 nitrogen and oxygen atoms in total. The van der Waals surface area contributed by atoms with Gasteiger partial charge in [-0.25, -0.2) is 0 Å². The molecule has 0 bridgehead atoms. The molecular weight excluding hydrogens is 498 g/mol. The number of nitrogens with two attached hydrogens (primary N) is 1. The van der Waals surface area contributed by atoms with E-state index in [0.717, 1.165) is 52.9 Å². The molecule has 0 saturated carbocycles. The lowest BCUT2D eigenvalue weighted by molar-refractivity contribution is -0.253. The Balaban J connectivity index is 1.20. The lowest BCUT2D eigenvalue weighted by Crippen LogP contribution is -2.45. The fraction of sp³-hybridized carbons (Fsp3) is 0.471. The SMILES string of the molecule is NCc1cccc(-c2ccc([C@@H]3O[C@H](CN4CCC[C@H]4CN4CCCC4)C[C@H](c4ccc(CO)cc4)O3)cc2)c1. The Morgan fingerprint density at radius 1 is 0.775 bits per heavy atom. The predicted octanol–water partition coefficient (Wildman–Crippen LogP) is 5.41. The Bertz CT molecular complexity index is 1230. The molecule has 3 N–H and O–H groups in total. The van der Waals surface area contributed by atoms with Crippen molar-refractivity contribution in [2.24, 2.45) is 5.73 Å². The molecule has 3 aromatic carbocycles. The molecule has 0 aliphatic carbocycles. The van der Waals surface area contributed by atoms with Gasteiger partial charge in [-0.3, -0.25) is 4.90 Å². The molecule has 0 radical (unpaired) electrons. The minimum absolute atomic E-state index is 0.0497. The summed E-state index contributed by atoms with van der Waals surface area (Å²) in [5.74, 6) is 0. The molecule has 40 heavy (non-hydrogen) atoms. The van der Waals surface area contributed by atoms with Gasteiger partial charge in [0.1, 0.15) is 0 Å². The first kappa shape index (κ1) is 27.6. The van der Waals surface area contributed by atoms with Crippen molar-refractivity contribution in [3.8, 4) is 11.1 Å². The average Bonchev–Trinajstić information content (AvgIpc) is 3.69. The van der Waals surface area contributed by atoms with Crippen LogP contribution in [0.2, 0.25) is 0 Å². The average molecular weight is 542 g/mol. The summed E-state index contributed by atoms with van der Waals surface area (Å²) in [6, 6.07) is 25.8. The molecule has 3 aromatic rings. The van der Waals surface area contributed by atoms with Crippen LogP contribution in [0.3, 0.4) is 0 Å². The zero-order valence-electron chi connectivity index (χ0n) is 23.5. The topological polar surface area (TPSA) is 71.2 Å². The van der Waals surface area contributed by atoms with Gasteiger partial charge in [0.2, 0.25) is 0 Å². The first-order chi connectivity index (χ1) is 19.7. The second-order valence-electron chi connectivity index (χ2n) is 11.7. The standard InChI is InChI=1S/C34H43N3O3/c35-21-26-5-3-6-30(19-26)27-12-14-29(15-13-27)34-39-32(20-33(40-34)28-10-8-25(24-38)9-11-28)23-37-18-4-7-31(37)22-36-16-1-2-17-36/h3,5-6,8-15,19,31-34,38H,1-2,4,7,16-18,20-24,35H2/t31-,32-,33+,34+/m0/s1. The van der Waals surface area contributed by atoms with E-state index in [0.29, 0.717) is 12.6 Å². The highest BCUT2D eigenvalue weighted by molar-refractivity contribution is 5.64. The number of hydrogen-bond acceptors (Lipinski definition) is 6. The molecular formula is C34H43N3O3. The smallest absolute Gasteiger partial charge is 0.184 e. The quantitative estimate of drug-likeness (QED) is 0.378. The van der Waals surface area contributed by atoms with Crippen LogP contribution in [0.5, 0.6) is 0 Å². The molecule has 0 aromatic heterocycles. The molecule has 212 valence electrons. The van der Waals surface area contributed by atoms with Crippen molar-refractivity contribution in [1.82, 2.24) is 9.80 Å². The lowest BCUT2D eigenvalue weighted by Gasteiger charge is -2.39. The van der Waals surface area contributed by atoms with Gasteiger partial charge in [0.15, 0.2) is 6.29 Å². The second-order valence-corrected chi connectivity index (χ2v) is 11.7. The number of ether oxygens (including phenoxy) is 2. The molecule has 3 saturated heterocycles. The van der Waals surface area contributed by atoms with Crippen LogP contribution < -0.4 is 5.73 Å². The number of likely N-dealkylation sites (tertiary alicyclic amines) is 2. The highest BCUT2D eigenvalue weighted by Gasteiger charge is 2.36. The Hall–Kier alpha value is -2.58. The summed E-state index contributed by atoms with van der Waals surface area (Å²) in [6.07, 6.45) is 5.65. The number of rotatable bonds is 9. The molecule has 6 heteroatoms. The maximum absolute atomic E-state index is 9.53. The van der Waals surface area contributed by atoms with Crippen LogP contribution in [0.1, 0.15) is 66.8 Å². The minimum atomic E-state index is -0.426. The van der Waals surface area contributed by atoms with Gasteiger partial charge in [-0.15, -0.1) is 0 Å². The number of aliphatic hydroxyl groups is 1. The van der Waals surface area contributed by atoms with Crippen LogP contribution in [0.25, 0.3) is 11.1 Å². The summed E-state index contributed by atoms with van der Waals surface area (Å²) in [5.41, 5.74) is 12.4. The number of hydrogen-bond donors (Lipinski definition) is 2. The largest absolute Gasteiger partial charge is 0.392 e. The molecule has 6 rings (SSSR count). The summed E-state index contributed by atoms with van der Waals surface area (Å²) in [4.78, 5) is 5.32. The molecule has 3 fully saturated rings. The third kappa shape index (κ3) is 6.49. The van der Waals surface area contributed by atoms with E-state index in [-0.39, 0.29) is 18.8 Å². The highest BCUT2D eigenvalue weighted by atomic mass is 16.7. The summed E-state index contributed by atoms with van der Waals surface area (Å²) >= 11 is 0. The minimum Gasteiger partial charge on any atom is -0.392 e. The van der Waals surface area contributed by atoms with Crippen LogP contribution in [0.4, 0.5) is 0 Å². The van der Waals surface area contributed by atoms with Crippen LogP contribution >= 0.6 is 0 Å². The van der Waals surface area contributed by atoms with Crippen molar-refractivity contribution in [2.75, 3.05) is 32.7 Å². The zero-order chi connectivity index (χ0) is 27.3. The third-order valence-corrected chi connectivity index (χ3v) is 8.90. The van der Waals surface area contributed by atoms with E-state index in [2.05, 4.69) is 70.5 Å². The van der Waals surface area contributed by atoms with Crippen molar-refractivity contribution < 1.29 is 14.6 Å². The van der Waals surface area contributed by atoms with Crippen LogP contribution in [-0.4, -0.2) is 59.8 Å². The summed E-state index contributed by atoms with van der Waals surface area (Å²) in [7, 11) is 0. The molecule has 3 aliphatic heterocycles. The lowest BCUT2D eigenvalue weighted by atomic mass is 9.98. The van der Waals surface area contributed by atoms with Gasteiger partial charge >= 0.3 is 0 Å². The van der Waals surface area contributed by atoms with Gasteiger partial charge in [-0.2, -0.15) is 0 Å². The van der Waals surface area contributed by atoms with Gasteiger partial charge in [0, 0.05) is 37.7 Å². The number of aliphatic hydroxyl groups excluding tert-OH is 1. The van der Waals surface area contributed by atoms with E-state index in [9.17, 15) is 5.11 Å². The predicted molar refractivity (Wildman–Crippen MR) is 158 cm³/mol. The fourth-order valence-electron chi connectivity index (χ4n) is 6.61. The van der Waals surface area contributed by atoms with Gasteiger partial charge in [-0.1, -0.05) is 66.7 Å². The zero-order valence-corrected chi connectivity index (χ0v) is 23.5. The molecule has 3 aliphatic rings. The maximum Gasteiger partial charge on any atom is 0.184 e. The molecule has 0 amide bonds. The summed E-state index contributed by atoms with van der Waals surface area (Å²) in [5, 5.41) is 9.53. The third-order valence-electron chi connectivity index (χ3n) is 8.90. The van der Waals surface area contributed by atoms with E-state index in [1.54, 1.807) is 0 Å². The first-order valence-electron chi connectivity index (χ1n) is 15.0. The fourth-order valence-corrected chi connectivity index (χ4v) is 6.61. The van der Waals surface area contributed by atoms with Gasteiger partial charge in [-0.05, 0) is 79.2 Å². The maximum atomic E-state index is 9.53. The van der Waals surface area contributed by atoms with Crippen molar-refractivity contribution in [3.05, 3.63) is 95.1 Å². The Morgan fingerprint density at radius 3 is 2.30 bits per heavy atom.